The van der Waals surface area contributed by atoms with E-state index in [2.05, 4.69) is 0 Å². The van der Waals surface area contributed by atoms with Crippen LogP contribution >= 0.6 is 30.9 Å². The van der Waals surface area contributed by atoms with Gasteiger partial charge < -0.3 is 14.9 Å². The van der Waals surface area contributed by atoms with Crippen molar-refractivity contribution in [1.82, 2.24) is 4.90 Å². The molecule has 0 aromatic heterocycles. The summed E-state index contributed by atoms with van der Waals surface area (Å²) >= 11 is 3.44. The van der Waals surface area contributed by atoms with Crippen molar-refractivity contribution in [2.24, 2.45) is 0 Å². The number of aliphatic carboxylic acids is 1. The number of benzene rings is 1. The first-order valence-corrected chi connectivity index (χ1v) is 14.0. The van der Waals surface area contributed by atoms with Crippen LogP contribution in [-0.2, 0) is 20.6 Å². The number of carboxylic acids is 1. The molecule has 3 rings (SSSR count). The zero-order valence-corrected chi connectivity index (χ0v) is 18.9. The number of rotatable bonds is 8. The fourth-order valence-corrected chi connectivity index (χ4v) is 8.69. The maximum Gasteiger partial charge on any atom is 0.326 e. The Morgan fingerprint density at radius 1 is 1.17 bits per heavy atom. The van der Waals surface area contributed by atoms with E-state index in [0.717, 1.165) is 30.8 Å². The van der Waals surface area contributed by atoms with E-state index in [4.69, 9.17) is 0 Å². The lowest BCUT2D eigenvalue weighted by Crippen LogP contribution is -2.42. The van der Waals surface area contributed by atoms with Crippen molar-refractivity contribution in [2.45, 2.75) is 42.2 Å². The summed E-state index contributed by atoms with van der Waals surface area (Å²) in [6.45, 7) is 0.339. The van der Waals surface area contributed by atoms with Crippen LogP contribution in [-0.4, -0.2) is 67.3 Å². The molecule has 2 aliphatic heterocycles. The van der Waals surface area contributed by atoms with Crippen molar-refractivity contribution >= 4 is 42.8 Å². The summed E-state index contributed by atoms with van der Waals surface area (Å²) in [5.41, 5.74) is 1.19. The molecule has 2 heterocycles. The van der Waals surface area contributed by atoms with Crippen molar-refractivity contribution in [2.75, 3.05) is 30.4 Å². The fourth-order valence-electron chi connectivity index (χ4n) is 3.86. The van der Waals surface area contributed by atoms with E-state index in [1.165, 1.54) is 10.5 Å². The summed E-state index contributed by atoms with van der Waals surface area (Å²) in [4.78, 5) is 36.1. The molecule has 1 aromatic carbocycles. The number of hydrogen-bond acceptors (Lipinski definition) is 5. The Labute approximate surface area is 180 Å². The first-order chi connectivity index (χ1) is 13.8. The van der Waals surface area contributed by atoms with Crippen LogP contribution in [0.1, 0.15) is 31.2 Å². The number of aryl methyl sites for hydroxylation is 1. The zero-order valence-electron chi connectivity index (χ0n) is 16.4. The molecule has 9 heteroatoms. The Morgan fingerprint density at radius 2 is 1.86 bits per heavy atom. The normalized spacial score (nSPS) is 23.1. The number of amides is 1. The van der Waals surface area contributed by atoms with Crippen LogP contribution in [0.25, 0.3) is 0 Å². The molecular formula is C20H28NO5PS2. The average molecular weight is 458 g/mol. The molecule has 29 heavy (non-hydrogen) atoms. The molecule has 2 N–H and O–H groups in total. The molecule has 6 nitrogen and oxygen atoms in total. The van der Waals surface area contributed by atoms with Crippen molar-refractivity contribution in [3.63, 3.8) is 0 Å². The SMILES string of the molecule is O=C(O)C1CC2(CN1C(=O)CP(=O)(O)CCCCc1ccccc1)SCCCS2. The maximum atomic E-state index is 12.8. The van der Waals surface area contributed by atoms with Gasteiger partial charge in [0.2, 0.25) is 13.3 Å². The molecule has 2 fully saturated rings. The molecule has 1 aromatic rings. The first kappa shape index (κ1) is 22.7. The quantitative estimate of drug-likeness (QED) is 0.455. The monoisotopic (exact) mass is 457 g/mol. The Hall–Kier alpha value is -0.950. The van der Waals surface area contributed by atoms with Crippen LogP contribution < -0.4 is 0 Å². The van der Waals surface area contributed by atoms with Gasteiger partial charge in [-0.1, -0.05) is 30.3 Å². The van der Waals surface area contributed by atoms with Crippen LogP contribution in [0, 0.1) is 0 Å². The van der Waals surface area contributed by atoms with Crippen LogP contribution in [0.2, 0.25) is 0 Å². The molecule has 2 aliphatic rings. The van der Waals surface area contributed by atoms with E-state index in [9.17, 15) is 24.2 Å². The highest BCUT2D eigenvalue weighted by Crippen LogP contribution is 2.51. The lowest BCUT2D eigenvalue weighted by Gasteiger charge is -2.31. The molecule has 160 valence electrons. The van der Waals surface area contributed by atoms with Crippen LogP contribution in [0.5, 0.6) is 0 Å². The summed E-state index contributed by atoms with van der Waals surface area (Å²) in [5, 5.41) is 9.58. The minimum absolute atomic E-state index is 0.0891. The number of thioether (sulfide) groups is 2. The van der Waals surface area contributed by atoms with Gasteiger partial charge in [-0.15, -0.1) is 23.5 Å². The summed E-state index contributed by atoms with van der Waals surface area (Å²) in [7, 11) is -3.63. The average Bonchev–Trinajstić information content (AvgIpc) is 3.06. The Morgan fingerprint density at radius 3 is 2.52 bits per heavy atom. The van der Waals surface area contributed by atoms with Crippen LogP contribution in [0.4, 0.5) is 0 Å². The van der Waals surface area contributed by atoms with Gasteiger partial charge in [-0.3, -0.25) is 9.36 Å². The third kappa shape index (κ3) is 6.27. The van der Waals surface area contributed by atoms with Gasteiger partial charge in [0.15, 0.2) is 0 Å². The van der Waals surface area contributed by atoms with Crippen LogP contribution in [0.15, 0.2) is 30.3 Å². The van der Waals surface area contributed by atoms with Crippen molar-refractivity contribution in [3.8, 4) is 0 Å². The molecule has 0 aliphatic carbocycles. The molecule has 2 saturated heterocycles. The van der Waals surface area contributed by atoms with Gasteiger partial charge in [-0.05, 0) is 42.8 Å². The minimum atomic E-state index is -3.63. The predicted molar refractivity (Wildman–Crippen MR) is 119 cm³/mol. The van der Waals surface area contributed by atoms with Gasteiger partial charge in [-0.25, -0.2) is 4.79 Å². The lowest BCUT2D eigenvalue weighted by molar-refractivity contribution is -0.147. The molecule has 0 radical (unpaired) electrons. The molecule has 0 bridgehead atoms. The van der Waals surface area contributed by atoms with Gasteiger partial charge in [-0.2, -0.15) is 0 Å². The van der Waals surface area contributed by atoms with E-state index in [1.54, 1.807) is 23.5 Å². The third-order valence-corrected chi connectivity index (χ3v) is 10.5. The molecule has 1 amide bonds. The van der Waals surface area contributed by atoms with E-state index >= 15 is 0 Å². The Kier molecular flexibility index (Phi) is 7.76. The van der Waals surface area contributed by atoms with Crippen molar-refractivity contribution in [3.05, 3.63) is 35.9 Å². The molecule has 0 saturated carbocycles. The van der Waals surface area contributed by atoms with Gasteiger partial charge >= 0.3 is 5.97 Å². The van der Waals surface area contributed by atoms with E-state index in [1.807, 2.05) is 30.3 Å². The minimum Gasteiger partial charge on any atom is -0.480 e. The number of carbonyl (C=O) groups is 2. The molecular weight excluding hydrogens is 429 g/mol. The number of hydrogen-bond donors (Lipinski definition) is 2. The predicted octanol–water partition coefficient (Wildman–Crippen LogP) is 3.53. The fraction of sp³-hybridized carbons (Fsp3) is 0.600. The Balaban J connectivity index is 1.52. The van der Waals surface area contributed by atoms with E-state index in [0.29, 0.717) is 19.4 Å². The third-order valence-electron chi connectivity index (χ3n) is 5.36. The number of likely N-dealkylation sites (tertiary alicyclic amines) is 1. The zero-order chi connectivity index (χ0) is 20.9. The van der Waals surface area contributed by atoms with Crippen molar-refractivity contribution in [1.29, 1.82) is 0 Å². The van der Waals surface area contributed by atoms with Gasteiger partial charge in [0.1, 0.15) is 12.2 Å². The largest absolute Gasteiger partial charge is 0.480 e. The second-order valence-electron chi connectivity index (χ2n) is 7.71. The number of nitrogens with zero attached hydrogens (tertiary/aromatic N) is 1. The highest BCUT2D eigenvalue weighted by Gasteiger charge is 2.50. The summed E-state index contributed by atoms with van der Waals surface area (Å²) in [5.74, 6) is 0.385. The van der Waals surface area contributed by atoms with E-state index < -0.39 is 31.4 Å². The molecule has 2 atom stereocenters. The summed E-state index contributed by atoms with van der Waals surface area (Å²) < 4.78 is 12.3. The number of unbranched alkanes of at least 4 members (excludes halogenated alkanes) is 1. The lowest BCUT2D eigenvalue weighted by atomic mass is 10.1. The second kappa shape index (κ2) is 9.90. The maximum absolute atomic E-state index is 12.8. The van der Waals surface area contributed by atoms with E-state index in [-0.39, 0.29) is 10.2 Å². The standard InChI is InChI=1S/C20H28NO5PS2/c22-18(14-27(25,26)10-5-4-9-16-7-2-1-3-8-16)21-15-20(13-17(21)19(23)24)28-11-6-12-29-20/h1-3,7-8,17H,4-6,9-15H2,(H,23,24)(H,25,26). The first-order valence-electron chi connectivity index (χ1n) is 9.95. The van der Waals surface area contributed by atoms with Crippen molar-refractivity contribution < 1.29 is 24.2 Å². The number of carboxylic acid groups (broad SMARTS) is 1. The topological polar surface area (TPSA) is 94.9 Å². The van der Waals surface area contributed by atoms with Crippen LogP contribution in [0.3, 0.4) is 0 Å². The highest BCUT2D eigenvalue weighted by atomic mass is 32.2. The smallest absolute Gasteiger partial charge is 0.326 e. The molecule has 1 spiro atoms. The summed E-state index contributed by atoms with van der Waals surface area (Å²) in [6, 6.07) is 9.04. The number of carbonyl (C=O) groups excluding carboxylic acids is 1. The molecule has 2 unspecified atom stereocenters. The van der Waals surface area contributed by atoms with Gasteiger partial charge in [0, 0.05) is 19.1 Å². The summed E-state index contributed by atoms with van der Waals surface area (Å²) in [6.07, 6.45) is 3.28. The van der Waals surface area contributed by atoms with Gasteiger partial charge in [0.25, 0.3) is 0 Å². The van der Waals surface area contributed by atoms with Gasteiger partial charge in [0.05, 0.1) is 4.08 Å². The highest BCUT2D eigenvalue weighted by molar-refractivity contribution is 8.18. The Bertz CT molecular complexity index is 769. The second-order valence-corrected chi connectivity index (χ2v) is 13.4.